The molecule has 1 heterocycles. The van der Waals surface area contributed by atoms with Crippen LogP contribution in [-0.4, -0.2) is 39.0 Å². The van der Waals surface area contributed by atoms with Crippen LogP contribution in [0.2, 0.25) is 0 Å². The van der Waals surface area contributed by atoms with E-state index in [2.05, 4.69) is 5.32 Å². The van der Waals surface area contributed by atoms with Gasteiger partial charge in [-0.25, -0.2) is 4.79 Å². The third kappa shape index (κ3) is 3.33. The molecule has 0 bridgehead atoms. The van der Waals surface area contributed by atoms with Gasteiger partial charge in [-0.2, -0.15) is 11.8 Å². The molecule has 1 amide bonds. The average Bonchev–Trinajstić information content (AvgIpc) is 2.48. The van der Waals surface area contributed by atoms with Crippen LogP contribution in [0, 0.1) is 10.1 Å². The lowest BCUT2D eigenvalue weighted by Crippen LogP contribution is -2.56. The van der Waals surface area contributed by atoms with E-state index in [0.29, 0.717) is 24.3 Å². The van der Waals surface area contributed by atoms with Gasteiger partial charge in [-0.15, -0.1) is 0 Å². The number of amides is 1. The van der Waals surface area contributed by atoms with Crippen LogP contribution in [0.3, 0.4) is 0 Å². The fourth-order valence-electron chi connectivity index (χ4n) is 2.16. The Morgan fingerprint density at radius 3 is 2.57 bits per heavy atom. The van der Waals surface area contributed by atoms with Crippen LogP contribution in [0.5, 0.6) is 0 Å². The van der Waals surface area contributed by atoms with Crippen LogP contribution in [-0.2, 0) is 4.79 Å². The minimum absolute atomic E-state index is 0.0862. The van der Waals surface area contributed by atoms with Gasteiger partial charge in [0.1, 0.15) is 5.54 Å². The highest BCUT2D eigenvalue weighted by Gasteiger charge is 2.41. The zero-order chi connectivity index (χ0) is 15.5. The van der Waals surface area contributed by atoms with Gasteiger partial charge in [-0.05, 0) is 30.4 Å². The molecule has 2 rings (SSSR count). The van der Waals surface area contributed by atoms with Crippen molar-refractivity contribution < 1.29 is 19.6 Å². The van der Waals surface area contributed by atoms with Crippen molar-refractivity contribution in [3.63, 3.8) is 0 Å². The summed E-state index contributed by atoms with van der Waals surface area (Å²) in [6.07, 6.45) is 0.682. The number of benzene rings is 1. The lowest BCUT2D eigenvalue weighted by Gasteiger charge is -2.33. The van der Waals surface area contributed by atoms with Gasteiger partial charge in [0.25, 0.3) is 11.6 Å². The van der Waals surface area contributed by atoms with Crippen molar-refractivity contribution in [3.8, 4) is 0 Å². The third-order valence-electron chi connectivity index (χ3n) is 3.43. The molecule has 0 atom stereocenters. The van der Waals surface area contributed by atoms with Gasteiger partial charge >= 0.3 is 5.97 Å². The van der Waals surface area contributed by atoms with Crippen LogP contribution in [0.25, 0.3) is 0 Å². The summed E-state index contributed by atoms with van der Waals surface area (Å²) in [7, 11) is 0. The molecule has 1 aromatic carbocycles. The number of nitro benzene ring substituents is 1. The maximum atomic E-state index is 12.2. The Kier molecular flexibility index (Phi) is 4.46. The number of carbonyl (C=O) groups excluding carboxylic acids is 1. The summed E-state index contributed by atoms with van der Waals surface area (Å²) in [5, 5.41) is 22.6. The minimum atomic E-state index is -1.28. The van der Waals surface area contributed by atoms with Crippen LogP contribution in [0.1, 0.15) is 23.2 Å². The topological polar surface area (TPSA) is 110 Å². The first-order chi connectivity index (χ1) is 9.94. The zero-order valence-corrected chi connectivity index (χ0v) is 11.9. The summed E-state index contributed by atoms with van der Waals surface area (Å²) in [5.74, 6) is -0.363. The second kappa shape index (κ2) is 6.13. The third-order valence-corrected chi connectivity index (χ3v) is 4.41. The molecule has 0 aromatic heterocycles. The number of aliphatic carboxylic acids is 1. The molecule has 1 aromatic rings. The molecule has 2 N–H and O–H groups in total. The number of nitrogens with zero attached hydrogens (tertiary/aromatic N) is 1. The number of non-ortho nitro benzene ring substituents is 1. The van der Waals surface area contributed by atoms with Crippen LogP contribution in [0.15, 0.2) is 24.3 Å². The van der Waals surface area contributed by atoms with Gasteiger partial charge in [0.2, 0.25) is 0 Å². The summed E-state index contributed by atoms with van der Waals surface area (Å²) in [4.78, 5) is 33.8. The van der Waals surface area contributed by atoms with Crippen molar-refractivity contribution in [1.29, 1.82) is 0 Å². The predicted molar refractivity (Wildman–Crippen MR) is 77.5 cm³/mol. The molecule has 0 saturated carbocycles. The van der Waals surface area contributed by atoms with Gasteiger partial charge in [0.15, 0.2) is 0 Å². The minimum Gasteiger partial charge on any atom is -0.480 e. The average molecular weight is 310 g/mol. The molecule has 21 heavy (non-hydrogen) atoms. The van der Waals surface area contributed by atoms with Crippen molar-refractivity contribution in [3.05, 3.63) is 39.9 Å². The van der Waals surface area contributed by atoms with E-state index >= 15 is 0 Å². The number of hydrogen-bond donors (Lipinski definition) is 2. The van der Waals surface area contributed by atoms with E-state index in [9.17, 15) is 24.8 Å². The molecule has 1 saturated heterocycles. The highest BCUT2D eigenvalue weighted by Crippen LogP contribution is 2.28. The van der Waals surface area contributed by atoms with Crippen LogP contribution < -0.4 is 5.32 Å². The lowest BCUT2D eigenvalue weighted by molar-refractivity contribution is -0.384. The summed E-state index contributed by atoms with van der Waals surface area (Å²) in [5.41, 5.74) is -1.40. The summed E-state index contributed by atoms with van der Waals surface area (Å²) in [6.45, 7) is 0. The first-order valence-corrected chi connectivity index (χ1v) is 7.48. The smallest absolute Gasteiger partial charge is 0.329 e. The van der Waals surface area contributed by atoms with E-state index in [4.69, 9.17) is 0 Å². The Balaban J connectivity index is 2.21. The van der Waals surface area contributed by atoms with E-state index in [0.717, 1.165) is 6.07 Å². The fourth-order valence-corrected chi connectivity index (χ4v) is 3.35. The van der Waals surface area contributed by atoms with Crippen molar-refractivity contribution >= 4 is 29.3 Å². The van der Waals surface area contributed by atoms with E-state index in [1.54, 1.807) is 11.8 Å². The number of nitrogens with one attached hydrogen (secondary N) is 1. The number of carboxylic acids is 1. The van der Waals surface area contributed by atoms with E-state index in [-0.39, 0.29) is 11.3 Å². The van der Waals surface area contributed by atoms with E-state index in [1.807, 2.05) is 0 Å². The monoisotopic (exact) mass is 310 g/mol. The van der Waals surface area contributed by atoms with Crippen LogP contribution >= 0.6 is 11.8 Å². The number of carboxylic acid groups (broad SMARTS) is 1. The first kappa shape index (κ1) is 15.3. The first-order valence-electron chi connectivity index (χ1n) is 6.33. The number of thioether (sulfide) groups is 1. The van der Waals surface area contributed by atoms with E-state index < -0.39 is 22.3 Å². The second-order valence-electron chi connectivity index (χ2n) is 4.76. The highest BCUT2D eigenvalue weighted by molar-refractivity contribution is 7.99. The summed E-state index contributed by atoms with van der Waals surface area (Å²) >= 11 is 1.64. The predicted octanol–water partition coefficient (Wildman–Crippen LogP) is 1.68. The zero-order valence-electron chi connectivity index (χ0n) is 11.1. The number of rotatable bonds is 4. The SMILES string of the molecule is O=C(NC1(C(=O)O)CCSCC1)c1cccc([N+](=O)[O-])c1. The maximum absolute atomic E-state index is 12.2. The number of carbonyl (C=O) groups is 2. The van der Waals surface area contributed by atoms with Crippen molar-refractivity contribution in [2.24, 2.45) is 0 Å². The standard InChI is InChI=1S/C13H14N2O5S/c16-11(9-2-1-3-10(8-9)15(19)20)14-13(12(17)18)4-6-21-7-5-13/h1-3,8H,4-7H2,(H,14,16)(H,17,18). The molecule has 1 aliphatic heterocycles. The Labute approximate surface area is 124 Å². The molecule has 7 nitrogen and oxygen atoms in total. The molecule has 1 fully saturated rings. The summed E-state index contributed by atoms with van der Waals surface area (Å²) in [6, 6.07) is 5.25. The molecular weight excluding hydrogens is 296 g/mol. The Hall–Kier alpha value is -2.09. The highest BCUT2D eigenvalue weighted by atomic mass is 32.2. The van der Waals surface area contributed by atoms with Crippen molar-refractivity contribution in [2.75, 3.05) is 11.5 Å². The normalized spacial score (nSPS) is 17.0. The van der Waals surface area contributed by atoms with Crippen LogP contribution in [0.4, 0.5) is 5.69 Å². The lowest BCUT2D eigenvalue weighted by atomic mass is 9.92. The molecule has 112 valence electrons. The van der Waals surface area contributed by atoms with Gasteiger partial charge < -0.3 is 10.4 Å². The fraction of sp³-hybridized carbons (Fsp3) is 0.385. The second-order valence-corrected chi connectivity index (χ2v) is 5.99. The largest absolute Gasteiger partial charge is 0.480 e. The maximum Gasteiger partial charge on any atom is 0.329 e. The quantitative estimate of drug-likeness (QED) is 0.646. The molecule has 0 unspecified atom stereocenters. The number of hydrogen-bond acceptors (Lipinski definition) is 5. The molecular formula is C13H14N2O5S. The van der Waals surface area contributed by atoms with Crippen molar-refractivity contribution in [2.45, 2.75) is 18.4 Å². The van der Waals surface area contributed by atoms with Gasteiger partial charge in [-0.1, -0.05) is 6.07 Å². The molecule has 1 aliphatic rings. The number of nitro groups is 1. The molecule has 8 heteroatoms. The van der Waals surface area contributed by atoms with Gasteiger partial charge in [0.05, 0.1) is 4.92 Å². The molecule has 0 aliphatic carbocycles. The Morgan fingerprint density at radius 2 is 2.00 bits per heavy atom. The van der Waals surface area contributed by atoms with Gasteiger partial charge in [0, 0.05) is 17.7 Å². The van der Waals surface area contributed by atoms with E-state index in [1.165, 1.54) is 18.2 Å². The van der Waals surface area contributed by atoms with Gasteiger partial charge in [-0.3, -0.25) is 14.9 Å². The molecule has 0 radical (unpaired) electrons. The summed E-state index contributed by atoms with van der Waals surface area (Å²) < 4.78 is 0. The Bertz CT molecular complexity index is 584. The Morgan fingerprint density at radius 1 is 1.33 bits per heavy atom. The van der Waals surface area contributed by atoms with Crippen molar-refractivity contribution in [1.82, 2.24) is 5.32 Å². The molecule has 0 spiro atoms.